The van der Waals surface area contributed by atoms with Crippen LogP contribution in [-0.4, -0.2) is 14.6 Å². The van der Waals surface area contributed by atoms with E-state index in [2.05, 4.69) is 10.1 Å². The standard InChI is InChI=1S/C12H9ClN4/c13-9-5-2-1-4-8(9)11-10(14)12-15-6-3-7-17(12)16-11/h1-7H,14H2. The largest absolute Gasteiger partial charge is 0.394 e. The summed E-state index contributed by atoms with van der Waals surface area (Å²) < 4.78 is 1.65. The third-order valence-electron chi connectivity index (χ3n) is 2.56. The third kappa shape index (κ3) is 1.54. The van der Waals surface area contributed by atoms with Crippen LogP contribution in [0, 0.1) is 0 Å². The predicted octanol–water partition coefficient (Wildman–Crippen LogP) is 2.63. The zero-order valence-corrected chi connectivity index (χ0v) is 9.59. The molecule has 5 heteroatoms. The Labute approximate surface area is 103 Å². The Morgan fingerprint density at radius 3 is 2.76 bits per heavy atom. The summed E-state index contributed by atoms with van der Waals surface area (Å²) in [6.07, 6.45) is 3.49. The molecule has 3 aromatic rings. The number of rotatable bonds is 1. The minimum Gasteiger partial charge on any atom is -0.394 e. The molecule has 84 valence electrons. The van der Waals surface area contributed by atoms with Gasteiger partial charge in [-0.05, 0) is 12.1 Å². The number of nitrogens with zero attached hydrogens (tertiary/aromatic N) is 3. The van der Waals surface area contributed by atoms with Gasteiger partial charge in [0.2, 0.25) is 0 Å². The molecule has 0 atom stereocenters. The fourth-order valence-electron chi connectivity index (χ4n) is 1.76. The van der Waals surface area contributed by atoms with Crippen molar-refractivity contribution in [2.75, 3.05) is 5.73 Å². The molecule has 0 unspecified atom stereocenters. The molecule has 0 aliphatic carbocycles. The SMILES string of the molecule is Nc1c(-c2ccccc2Cl)nn2cccnc12. The van der Waals surface area contributed by atoms with Crippen molar-refractivity contribution in [3.05, 3.63) is 47.7 Å². The van der Waals surface area contributed by atoms with Crippen molar-refractivity contribution in [2.45, 2.75) is 0 Å². The number of benzene rings is 1. The Kier molecular flexibility index (Phi) is 2.23. The van der Waals surface area contributed by atoms with Crippen LogP contribution in [0.15, 0.2) is 42.7 Å². The Balaban J connectivity index is 2.32. The van der Waals surface area contributed by atoms with Crippen LogP contribution in [0.5, 0.6) is 0 Å². The van der Waals surface area contributed by atoms with E-state index in [1.807, 2.05) is 24.3 Å². The van der Waals surface area contributed by atoms with Gasteiger partial charge in [-0.15, -0.1) is 0 Å². The summed E-state index contributed by atoms with van der Waals surface area (Å²) in [6.45, 7) is 0. The van der Waals surface area contributed by atoms with Crippen molar-refractivity contribution in [3.8, 4) is 11.3 Å². The molecule has 0 saturated carbocycles. The molecule has 0 bridgehead atoms. The van der Waals surface area contributed by atoms with Crippen molar-refractivity contribution in [2.24, 2.45) is 0 Å². The smallest absolute Gasteiger partial charge is 0.178 e. The maximum Gasteiger partial charge on any atom is 0.178 e. The van der Waals surface area contributed by atoms with E-state index in [-0.39, 0.29) is 0 Å². The van der Waals surface area contributed by atoms with Crippen molar-refractivity contribution in [1.82, 2.24) is 14.6 Å². The van der Waals surface area contributed by atoms with Gasteiger partial charge in [-0.3, -0.25) is 0 Å². The second-order valence-electron chi connectivity index (χ2n) is 3.63. The van der Waals surface area contributed by atoms with Gasteiger partial charge in [0.15, 0.2) is 5.65 Å². The van der Waals surface area contributed by atoms with E-state index in [1.165, 1.54) is 0 Å². The van der Waals surface area contributed by atoms with Gasteiger partial charge in [0.25, 0.3) is 0 Å². The molecule has 0 aliphatic rings. The summed E-state index contributed by atoms with van der Waals surface area (Å²) in [7, 11) is 0. The lowest BCUT2D eigenvalue weighted by Crippen LogP contribution is -1.89. The van der Waals surface area contributed by atoms with Crippen LogP contribution >= 0.6 is 11.6 Å². The summed E-state index contributed by atoms with van der Waals surface area (Å²) in [5.74, 6) is 0. The van der Waals surface area contributed by atoms with Crippen LogP contribution in [0.4, 0.5) is 5.69 Å². The number of hydrogen-bond acceptors (Lipinski definition) is 3. The lowest BCUT2D eigenvalue weighted by molar-refractivity contribution is 0.943. The van der Waals surface area contributed by atoms with Crippen LogP contribution in [0.25, 0.3) is 16.9 Å². The lowest BCUT2D eigenvalue weighted by atomic mass is 10.1. The van der Waals surface area contributed by atoms with Gasteiger partial charge in [0, 0.05) is 18.0 Å². The molecule has 0 radical (unpaired) electrons. The van der Waals surface area contributed by atoms with E-state index < -0.39 is 0 Å². The molecule has 2 heterocycles. The third-order valence-corrected chi connectivity index (χ3v) is 2.89. The molecular formula is C12H9ClN4. The maximum atomic E-state index is 6.13. The first kappa shape index (κ1) is 10.1. The molecule has 3 rings (SSSR count). The fraction of sp³-hybridized carbons (Fsp3) is 0. The molecule has 17 heavy (non-hydrogen) atoms. The monoisotopic (exact) mass is 244 g/mol. The zero-order chi connectivity index (χ0) is 11.8. The van der Waals surface area contributed by atoms with E-state index in [0.717, 1.165) is 5.56 Å². The average molecular weight is 245 g/mol. The van der Waals surface area contributed by atoms with E-state index in [1.54, 1.807) is 23.0 Å². The molecule has 0 spiro atoms. The summed E-state index contributed by atoms with van der Waals surface area (Å²) in [5.41, 5.74) is 8.70. The predicted molar refractivity (Wildman–Crippen MR) is 67.8 cm³/mol. The molecule has 1 aromatic carbocycles. The van der Waals surface area contributed by atoms with Crippen LogP contribution in [0.3, 0.4) is 0 Å². The number of halogens is 1. The number of anilines is 1. The highest BCUT2D eigenvalue weighted by atomic mass is 35.5. The lowest BCUT2D eigenvalue weighted by Gasteiger charge is -2.00. The second kappa shape index (κ2) is 3.75. The van der Waals surface area contributed by atoms with Gasteiger partial charge in [-0.2, -0.15) is 5.10 Å². The van der Waals surface area contributed by atoms with E-state index >= 15 is 0 Å². The van der Waals surface area contributed by atoms with Gasteiger partial charge in [-0.1, -0.05) is 29.8 Å². The Hall–Kier alpha value is -2.07. The normalized spacial score (nSPS) is 10.9. The number of nitrogens with two attached hydrogens (primary N) is 1. The second-order valence-corrected chi connectivity index (χ2v) is 4.04. The van der Waals surface area contributed by atoms with E-state index in [4.69, 9.17) is 17.3 Å². The van der Waals surface area contributed by atoms with Crippen LogP contribution in [0.1, 0.15) is 0 Å². The van der Waals surface area contributed by atoms with Crippen LogP contribution < -0.4 is 5.73 Å². The molecular weight excluding hydrogens is 236 g/mol. The number of hydrogen-bond donors (Lipinski definition) is 1. The van der Waals surface area contributed by atoms with Crippen molar-refractivity contribution < 1.29 is 0 Å². The molecule has 0 fully saturated rings. The van der Waals surface area contributed by atoms with E-state index in [9.17, 15) is 0 Å². The highest BCUT2D eigenvalue weighted by Gasteiger charge is 2.14. The van der Waals surface area contributed by atoms with Crippen molar-refractivity contribution in [3.63, 3.8) is 0 Å². The molecule has 4 nitrogen and oxygen atoms in total. The molecule has 0 aliphatic heterocycles. The Morgan fingerprint density at radius 2 is 2.00 bits per heavy atom. The molecule has 0 saturated heterocycles. The van der Waals surface area contributed by atoms with Gasteiger partial charge < -0.3 is 5.73 Å². The summed E-state index contributed by atoms with van der Waals surface area (Å²) in [5, 5.41) is 5.02. The van der Waals surface area contributed by atoms with Crippen LogP contribution in [-0.2, 0) is 0 Å². The maximum absolute atomic E-state index is 6.13. The fourth-order valence-corrected chi connectivity index (χ4v) is 1.98. The van der Waals surface area contributed by atoms with E-state index in [0.29, 0.717) is 22.1 Å². The number of aromatic nitrogens is 3. The first-order valence-electron chi connectivity index (χ1n) is 5.11. The molecule has 0 amide bonds. The Morgan fingerprint density at radius 1 is 1.18 bits per heavy atom. The van der Waals surface area contributed by atoms with Crippen molar-refractivity contribution in [1.29, 1.82) is 0 Å². The first-order valence-corrected chi connectivity index (χ1v) is 5.49. The molecule has 2 aromatic heterocycles. The molecule has 2 N–H and O–H groups in total. The van der Waals surface area contributed by atoms with Gasteiger partial charge in [-0.25, -0.2) is 9.50 Å². The van der Waals surface area contributed by atoms with Gasteiger partial charge >= 0.3 is 0 Å². The summed E-state index contributed by atoms with van der Waals surface area (Å²) in [4.78, 5) is 4.19. The minimum absolute atomic E-state index is 0.540. The zero-order valence-electron chi connectivity index (χ0n) is 8.84. The van der Waals surface area contributed by atoms with Crippen molar-refractivity contribution >= 4 is 22.9 Å². The van der Waals surface area contributed by atoms with Gasteiger partial charge in [0.05, 0.1) is 5.02 Å². The number of nitrogen functional groups attached to an aromatic ring is 1. The highest BCUT2D eigenvalue weighted by Crippen LogP contribution is 2.32. The summed E-state index contributed by atoms with van der Waals surface area (Å²) >= 11 is 6.13. The number of fused-ring (bicyclic) bond motifs is 1. The first-order chi connectivity index (χ1) is 8.27. The quantitative estimate of drug-likeness (QED) is 0.716. The topological polar surface area (TPSA) is 56.2 Å². The van der Waals surface area contributed by atoms with Crippen LogP contribution in [0.2, 0.25) is 5.02 Å². The highest BCUT2D eigenvalue weighted by molar-refractivity contribution is 6.33. The van der Waals surface area contributed by atoms with Gasteiger partial charge in [0.1, 0.15) is 11.4 Å². The minimum atomic E-state index is 0.540. The average Bonchev–Trinajstić information content (AvgIpc) is 2.68. The summed E-state index contributed by atoms with van der Waals surface area (Å²) in [6, 6.07) is 9.28. The Bertz CT molecular complexity index is 690.